The summed E-state index contributed by atoms with van der Waals surface area (Å²) in [6, 6.07) is 7.02. The van der Waals surface area contributed by atoms with Gasteiger partial charge in [-0.2, -0.15) is 4.99 Å². The number of anilines is 1. The molecule has 0 bridgehead atoms. The summed E-state index contributed by atoms with van der Waals surface area (Å²) >= 11 is 1.19. The van der Waals surface area contributed by atoms with Crippen molar-refractivity contribution >= 4 is 39.0 Å². The van der Waals surface area contributed by atoms with Gasteiger partial charge in [-0.05, 0) is 36.8 Å². The number of amidine groups is 1. The number of amides is 1. The number of aliphatic imine (C=N–C) groups is 1. The number of carbonyl (C=O) groups is 1. The lowest BCUT2D eigenvalue weighted by molar-refractivity contribution is 0.101. The minimum atomic E-state index is -0.517. The first kappa shape index (κ1) is 18.2. The van der Waals surface area contributed by atoms with E-state index in [2.05, 4.69) is 9.98 Å². The summed E-state index contributed by atoms with van der Waals surface area (Å²) in [6.07, 6.45) is 0. The zero-order valence-corrected chi connectivity index (χ0v) is 16.1. The van der Waals surface area contributed by atoms with Crippen LogP contribution < -0.4 is 20.9 Å². The maximum atomic E-state index is 12.8. The van der Waals surface area contributed by atoms with Crippen molar-refractivity contribution < 1.29 is 19.0 Å². The molecule has 1 aliphatic heterocycles. The fraction of sp³-hybridized carbons (Fsp3) is 0.211. The van der Waals surface area contributed by atoms with E-state index >= 15 is 0 Å². The molecule has 2 aromatic heterocycles. The van der Waals surface area contributed by atoms with Crippen molar-refractivity contribution in [1.29, 1.82) is 0 Å². The number of nitrogen functional groups attached to an aromatic ring is 1. The molecule has 144 valence electrons. The van der Waals surface area contributed by atoms with Gasteiger partial charge in [-0.25, -0.2) is 4.98 Å². The number of aryl methyl sites for hydroxylation is 1. The largest absolute Gasteiger partial charge is 0.454 e. The monoisotopic (exact) mass is 398 g/mol. The quantitative estimate of drug-likeness (QED) is 0.511. The van der Waals surface area contributed by atoms with Gasteiger partial charge in [-0.1, -0.05) is 0 Å². The first-order chi connectivity index (χ1) is 13.5. The van der Waals surface area contributed by atoms with Gasteiger partial charge in [0.25, 0.3) is 5.91 Å². The number of nitrogens with two attached hydrogens (primary N) is 2. The SMILES string of the molecule is COCc1cc(C)nc2sc(C(=O)N=C(N)c3ccc4c(c3)OCO4)c(N)c12. The summed E-state index contributed by atoms with van der Waals surface area (Å²) in [7, 11) is 1.60. The molecule has 9 heteroatoms. The van der Waals surface area contributed by atoms with E-state index in [4.69, 9.17) is 25.7 Å². The van der Waals surface area contributed by atoms with Gasteiger partial charge in [0, 0.05) is 23.8 Å². The smallest absolute Gasteiger partial charge is 0.291 e. The molecule has 0 spiro atoms. The van der Waals surface area contributed by atoms with Gasteiger partial charge in [-0.15, -0.1) is 11.3 Å². The normalized spacial score (nSPS) is 13.3. The fourth-order valence-electron chi connectivity index (χ4n) is 3.05. The lowest BCUT2D eigenvalue weighted by Crippen LogP contribution is -2.15. The summed E-state index contributed by atoms with van der Waals surface area (Å²) in [5.41, 5.74) is 14.9. The molecule has 0 aliphatic carbocycles. The maximum absolute atomic E-state index is 12.8. The molecule has 3 aromatic rings. The van der Waals surface area contributed by atoms with Crippen LogP contribution in [0, 0.1) is 6.92 Å². The number of rotatable bonds is 4. The summed E-state index contributed by atoms with van der Waals surface area (Å²) in [4.78, 5) is 22.2. The van der Waals surface area contributed by atoms with Crippen LogP contribution in [-0.4, -0.2) is 30.6 Å². The molecule has 0 saturated carbocycles. The fourth-order valence-corrected chi connectivity index (χ4v) is 4.12. The van der Waals surface area contributed by atoms with Crippen molar-refractivity contribution in [3.8, 4) is 11.5 Å². The Bertz CT molecular complexity index is 1120. The molecule has 28 heavy (non-hydrogen) atoms. The highest BCUT2D eigenvalue weighted by Crippen LogP contribution is 2.36. The average Bonchev–Trinajstić information content (AvgIpc) is 3.25. The standard InChI is InChI=1S/C19H18N4O4S/c1-9-5-11(7-25-2)14-15(20)16(28-19(14)22-9)18(24)23-17(21)10-3-4-12-13(6-10)27-8-26-12/h3-6H,7-8,20H2,1-2H3,(H2,21,23,24). The molecule has 0 saturated heterocycles. The van der Waals surface area contributed by atoms with Gasteiger partial charge >= 0.3 is 0 Å². The van der Waals surface area contributed by atoms with Crippen LogP contribution in [0.2, 0.25) is 0 Å². The van der Waals surface area contributed by atoms with Crippen molar-refractivity contribution in [2.75, 3.05) is 19.6 Å². The highest BCUT2D eigenvalue weighted by Gasteiger charge is 2.21. The number of pyridine rings is 1. The van der Waals surface area contributed by atoms with Gasteiger partial charge in [0.2, 0.25) is 6.79 Å². The molecule has 4 rings (SSSR count). The van der Waals surface area contributed by atoms with E-state index in [1.54, 1.807) is 25.3 Å². The Morgan fingerprint density at radius 1 is 1.32 bits per heavy atom. The van der Waals surface area contributed by atoms with E-state index in [9.17, 15) is 4.79 Å². The molecular weight excluding hydrogens is 380 g/mol. The van der Waals surface area contributed by atoms with Crippen molar-refractivity contribution in [3.05, 3.63) is 46.0 Å². The van der Waals surface area contributed by atoms with Gasteiger partial charge in [0.1, 0.15) is 15.5 Å². The molecule has 1 amide bonds. The third-order valence-corrected chi connectivity index (χ3v) is 5.38. The summed E-state index contributed by atoms with van der Waals surface area (Å²) in [5, 5.41) is 0.720. The van der Waals surface area contributed by atoms with E-state index in [-0.39, 0.29) is 12.6 Å². The number of fused-ring (bicyclic) bond motifs is 2. The molecule has 0 fully saturated rings. The summed E-state index contributed by atoms with van der Waals surface area (Å²) in [5.74, 6) is 0.746. The Kier molecular flexibility index (Phi) is 4.62. The van der Waals surface area contributed by atoms with E-state index in [0.717, 1.165) is 16.6 Å². The zero-order chi connectivity index (χ0) is 19.8. The van der Waals surface area contributed by atoms with E-state index < -0.39 is 5.91 Å². The minimum Gasteiger partial charge on any atom is -0.454 e. The third kappa shape index (κ3) is 3.14. The maximum Gasteiger partial charge on any atom is 0.291 e. The number of methoxy groups -OCH3 is 1. The van der Waals surface area contributed by atoms with Crippen LogP contribution in [0.5, 0.6) is 11.5 Å². The van der Waals surface area contributed by atoms with Gasteiger partial charge in [-0.3, -0.25) is 4.79 Å². The lowest BCUT2D eigenvalue weighted by Gasteiger charge is -2.04. The van der Waals surface area contributed by atoms with Gasteiger partial charge < -0.3 is 25.7 Å². The molecule has 4 N–H and O–H groups in total. The number of hydrogen-bond donors (Lipinski definition) is 2. The number of benzene rings is 1. The Morgan fingerprint density at radius 2 is 2.11 bits per heavy atom. The predicted molar refractivity (Wildman–Crippen MR) is 107 cm³/mol. The second kappa shape index (κ2) is 7.10. The number of nitrogens with zero attached hydrogens (tertiary/aromatic N) is 2. The topological polar surface area (TPSA) is 122 Å². The second-order valence-electron chi connectivity index (χ2n) is 6.25. The molecular formula is C19H18N4O4S. The van der Waals surface area contributed by atoms with Crippen LogP contribution >= 0.6 is 11.3 Å². The van der Waals surface area contributed by atoms with Crippen molar-refractivity contribution in [1.82, 2.24) is 4.98 Å². The second-order valence-corrected chi connectivity index (χ2v) is 7.25. The first-order valence-corrected chi connectivity index (χ1v) is 9.25. The van der Waals surface area contributed by atoms with E-state index in [1.165, 1.54) is 11.3 Å². The Labute approximate surface area is 164 Å². The van der Waals surface area contributed by atoms with Crippen LogP contribution in [0.1, 0.15) is 26.5 Å². The number of hydrogen-bond acceptors (Lipinski definition) is 7. The van der Waals surface area contributed by atoms with E-state index in [0.29, 0.717) is 39.1 Å². The number of ether oxygens (including phenoxy) is 3. The Balaban J connectivity index is 1.71. The zero-order valence-electron chi connectivity index (χ0n) is 15.3. The highest BCUT2D eigenvalue weighted by atomic mass is 32.1. The third-order valence-electron chi connectivity index (χ3n) is 4.29. The van der Waals surface area contributed by atoms with E-state index in [1.807, 2.05) is 13.0 Å². The Morgan fingerprint density at radius 3 is 2.89 bits per heavy atom. The van der Waals surface area contributed by atoms with Crippen molar-refractivity contribution in [3.63, 3.8) is 0 Å². The molecule has 1 aliphatic rings. The molecule has 1 aromatic carbocycles. The molecule has 0 atom stereocenters. The first-order valence-electron chi connectivity index (χ1n) is 8.44. The van der Waals surface area contributed by atoms with Crippen LogP contribution in [-0.2, 0) is 11.3 Å². The Hall–Kier alpha value is -3.17. The molecule has 3 heterocycles. The lowest BCUT2D eigenvalue weighted by atomic mass is 10.1. The summed E-state index contributed by atoms with van der Waals surface area (Å²) < 4.78 is 15.8. The van der Waals surface area contributed by atoms with Crippen LogP contribution in [0.25, 0.3) is 10.2 Å². The molecule has 0 unspecified atom stereocenters. The van der Waals surface area contributed by atoms with Crippen LogP contribution in [0.3, 0.4) is 0 Å². The van der Waals surface area contributed by atoms with Crippen molar-refractivity contribution in [2.45, 2.75) is 13.5 Å². The number of aromatic nitrogens is 1. The van der Waals surface area contributed by atoms with Gasteiger partial charge in [0.05, 0.1) is 12.3 Å². The minimum absolute atomic E-state index is 0.0708. The van der Waals surface area contributed by atoms with Gasteiger partial charge in [0.15, 0.2) is 11.5 Å². The van der Waals surface area contributed by atoms with Crippen LogP contribution in [0.4, 0.5) is 5.69 Å². The van der Waals surface area contributed by atoms with Crippen molar-refractivity contribution in [2.24, 2.45) is 10.7 Å². The number of carbonyl (C=O) groups excluding carboxylic acids is 1. The summed E-state index contributed by atoms with van der Waals surface area (Å²) in [6.45, 7) is 2.41. The average molecular weight is 398 g/mol. The predicted octanol–water partition coefficient (Wildman–Crippen LogP) is 2.61. The number of thiophene rings is 1. The highest BCUT2D eigenvalue weighted by molar-refractivity contribution is 7.21. The molecule has 8 nitrogen and oxygen atoms in total. The van der Waals surface area contributed by atoms with Crippen LogP contribution in [0.15, 0.2) is 29.3 Å². The molecule has 0 radical (unpaired) electrons.